The maximum atomic E-state index is 12.8. The van der Waals surface area contributed by atoms with E-state index in [0.29, 0.717) is 6.07 Å². The quantitative estimate of drug-likeness (QED) is 0.586. The summed E-state index contributed by atoms with van der Waals surface area (Å²) >= 11 is 0. The summed E-state index contributed by atoms with van der Waals surface area (Å²) in [6.07, 6.45) is -5.03. The number of aromatic hydroxyl groups is 1. The van der Waals surface area contributed by atoms with E-state index in [1.54, 1.807) is 0 Å². The molecule has 0 unspecified atom stereocenters. The van der Waals surface area contributed by atoms with Crippen LogP contribution in [0.3, 0.4) is 0 Å². The molecule has 6 heteroatoms. The van der Waals surface area contributed by atoms with Gasteiger partial charge in [0.15, 0.2) is 5.78 Å². The van der Waals surface area contributed by atoms with Gasteiger partial charge in [0.1, 0.15) is 17.1 Å². The molecular weight excluding hydrogens is 216 g/mol. The number of alkyl halides is 3. The number of phenolic OH excluding ortho intramolecular Hbond substituents is 1. The highest BCUT2D eigenvalue weighted by molar-refractivity contribution is 5.97. The highest BCUT2D eigenvalue weighted by atomic mass is 19.4. The highest BCUT2D eigenvalue weighted by Gasteiger charge is 2.38. The molecule has 0 radical (unpaired) electrons. The van der Waals surface area contributed by atoms with Crippen molar-refractivity contribution >= 4 is 5.78 Å². The van der Waals surface area contributed by atoms with Crippen molar-refractivity contribution in [2.45, 2.75) is 13.1 Å². The van der Waals surface area contributed by atoms with Crippen LogP contribution in [0.5, 0.6) is 5.75 Å². The third kappa shape index (κ3) is 2.08. The van der Waals surface area contributed by atoms with E-state index in [9.17, 15) is 22.4 Å². The lowest BCUT2D eigenvalue weighted by Gasteiger charge is -2.11. The van der Waals surface area contributed by atoms with Crippen molar-refractivity contribution in [3.05, 3.63) is 29.1 Å². The smallest absolute Gasteiger partial charge is 0.422 e. The monoisotopic (exact) mass is 222 g/mol. The molecule has 82 valence electrons. The first-order valence-electron chi connectivity index (χ1n) is 3.84. The SMILES string of the molecule is CC(=O)c1ccc(F)c(C(F)(F)F)c1O. The van der Waals surface area contributed by atoms with Gasteiger partial charge in [0.25, 0.3) is 0 Å². The minimum absolute atomic E-state index is 0.499. The van der Waals surface area contributed by atoms with Crippen LogP contribution < -0.4 is 0 Å². The van der Waals surface area contributed by atoms with Crippen molar-refractivity contribution in [3.8, 4) is 5.75 Å². The molecule has 0 amide bonds. The maximum Gasteiger partial charge on any atom is 0.422 e. The van der Waals surface area contributed by atoms with Gasteiger partial charge in [-0.25, -0.2) is 4.39 Å². The Balaban J connectivity index is 3.51. The highest BCUT2D eigenvalue weighted by Crippen LogP contribution is 2.39. The Kier molecular flexibility index (Phi) is 2.70. The van der Waals surface area contributed by atoms with Gasteiger partial charge in [0, 0.05) is 0 Å². The number of benzene rings is 1. The fraction of sp³-hybridized carbons (Fsp3) is 0.222. The molecule has 0 spiro atoms. The van der Waals surface area contributed by atoms with E-state index >= 15 is 0 Å². The zero-order valence-corrected chi connectivity index (χ0v) is 7.52. The lowest BCUT2D eigenvalue weighted by molar-refractivity contribution is -0.141. The van der Waals surface area contributed by atoms with Crippen LogP contribution in [0.25, 0.3) is 0 Å². The molecule has 0 aromatic heterocycles. The van der Waals surface area contributed by atoms with Crippen molar-refractivity contribution in [2.75, 3.05) is 0 Å². The third-order valence-corrected chi connectivity index (χ3v) is 1.79. The molecule has 0 saturated heterocycles. The first-order valence-corrected chi connectivity index (χ1v) is 3.84. The van der Waals surface area contributed by atoms with Crippen LogP contribution in [-0.2, 0) is 6.18 Å². The second kappa shape index (κ2) is 3.52. The van der Waals surface area contributed by atoms with Crippen molar-refractivity contribution in [1.82, 2.24) is 0 Å². The third-order valence-electron chi connectivity index (χ3n) is 1.79. The average Bonchev–Trinajstić information content (AvgIpc) is 2.00. The number of carbonyl (C=O) groups is 1. The van der Waals surface area contributed by atoms with Gasteiger partial charge in [-0.3, -0.25) is 4.79 Å². The normalized spacial score (nSPS) is 11.5. The Hall–Kier alpha value is -1.59. The first kappa shape index (κ1) is 11.5. The van der Waals surface area contributed by atoms with Crippen molar-refractivity contribution < 1.29 is 27.5 Å². The van der Waals surface area contributed by atoms with Crippen LogP contribution in [0.1, 0.15) is 22.8 Å². The van der Waals surface area contributed by atoms with E-state index in [0.717, 1.165) is 13.0 Å². The largest absolute Gasteiger partial charge is 0.506 e. The van der Waals surface area contributed by atoms with Crippen LogP contribution >= 0.6 is 0 Å². The molecule has 0 aliphatic rings. The number of hydrogen-bond donors (Lipinski definition) is 1. The van der Waals surface area contributed by atoms with E-state index in [1.165, 1.54) is 0 Å². The van der Waals surface area contributed by atoms with Crippen LogP contribution in [0.2, 0.25) is 0 Å². The summed E-state index contributed by atoms with van der Waals surface area (Å²) in [4.78, 5) is 10.8. The number of rotatable bonds is 1. The number of phenols is 1. The van der Waals surface area contributed by atoms with Gasteiger partial charge in [-0.05, 0) is 19.1 Å². The number of halogens is 4. The summed E-state index contributed by atoms with van der Waals surface area (Å²) in [5, 5.41) is 9.09. The van der Waals surface area contributed by atoms with Crippen LogP contribution in [0.15, 0.2) is 12.1 Å². The summed E-state index contributed by atoms with van der Waals surface area (Å²) in [5.41, 5.74) is -2.36. The fourth-order valence-electron chi connectivity index (χ4n) is 1.12. The Morgan fingerprint density at radius 1 is 1.33 bits per heavy atom. The predicted octanol–water partition coefficient (Wildman–Crippen LogP) is 2.75. The van der Waals surface area contributed by atoms with Crippen molar-refractivity contribution in [1.29, 1.82) is 0 Å². The molecule has 0 atom stereocenters. The number of carbonyl (C=O) groups excluding carboxylic acids is 1. The zero-order chi connectivity index (χ0) is 11.8. The molecule has 1 rings (SSSR count). The first-order chi connectivity index (χ1) is 6.75. The topological polar surface area (TPSA) is 37.3 Å². The standard InChI is InChI=1S/C9H6F4O2/c1-4(14)5-2-3-6(10)7(8(5)15)9(11,12)13/h2-3,15H,1H3. The van der Waals surface area contributed by atoms with Crippen LogP contribution in [0.4, 0.5) is 17.6 Å². The fourth-order valence-corrected chi connectivity index (χ4v) is 1.12. The Bertz CT molecular complexity index is 409. The molecule has 0 heterocycles. The van der Waals surface area contributed by atoms with Gasteiger partial charge in [0.05, 0.1) is 5.56 Å². The molecule has 1 N–H and O–H groups in total. The molecule has 1 aromatic rings. The second-order valence-electron chi connectivity index (χ2n) is 2.87. The molecule has 0 aliphatic carbocycles. The Morgan fingerprint density at radius 2 is 1.87 bits per heavy atom. The minimum atomic E-state index is -5.03. The van der Waals surface area contributed by atoms with E-state index in [2.05, 4.69) is 0 Å². The van der Waals surface area contributed by atoms with Gasteiger partial charge in [-0.15, -0.1) is 0 Å². The average molecular weight is 222 g/mol. The molecular formula is C9H6F4O2. The second-order valence-corrected chi connectivity index (χ2v) is 2.87. The number of hydrogen-bond acceptors (Lipinski definition) is 2. The Labute approximate surface area is 82.1 Å². The summed E-state index contributed by atoms with van der Waals surface area (Å²) in [7, 11) is 0. The lowest BCUT2D eigenvalue weighted by Crippen LogP contribution is -2.10. The van der Waals surface area contributed by atoms with Gasteiger partial charge < -0.3 is 5.11 Å². The molecule has 1 aromatic carbocycles. The molecule has 0 saturated carbocycles. The zero-order valence-electron chi connectivity index (χ0n) is 7.52. The van der Waals surface area contributed by atoms with E-state index in [-0.39, 0.29) is 0 Å². The molecule has 0 bridgehead atoms. The van der Waals surface area contributed by atoms with E-state index < -0.39 is 34.7 Å². The van der Waals surface area contributed by atoms with E-state index in [4.69, 9.17) is 5.11 Å². The summed E-state index contributed by atoms with van der Waals surface area (Å²) in [6.45, 7) is 0.979. The van der Waals surface area contributed by atoms with Gasteiger partial charge in [-0.2, -0.15) is 13.2 Å². The molecule has 0 fully saturated rings. The van der Waals surface area contributed by atoms with Gasteiger partial charge in [-0.1, -0.05) is 0 Å². The summed E-state index contributed by atoms with van der Waals surface area (Å²) in [5.74, 6) is -3.74. The van der Waals surface area contributed by atoms with Gasteiger partial charge >= 0.3 is 6.18 Å². The van der Waals surface area contributed by atoms with Crippen molar-refractivity contribution in [3.63, 3.8) is 0 Å². The minimum Gasteiger partial charge on any atom is -0.506 e. The Morgan fingerprint density at radius 3 is 2.27 bits per heavy atom. The maximum absolute atomic E-state index is 12.8. The summed E-state index contributed by atoms with van der Waals surface area (Å²) in [6, 6.07) is 1.31. The van der Waals surface area contributed by atoms with Gasteiger partial charge in [0.2, 0.25) is 0 Å². The predicted molar refractivity (Wildman–Crippen MR) is 43.1 cm³/mol. The number of Topliss-reactive ketones (excluding diaryl/α,β-unsaturated/α-hetero) is 1. The van der Waals surface area contributed by atoms with Crippen LogP contribution in [-0.4, -0.2) is 10.9 Å². The number of ketones is 1. The molecule has 15 heavy (non-hydrogen) atoms. The van der Waals surface area contributed by atoms with Crippen LogP contribution in [0, 0.1) is 5.82 Å². The lowest BCUT2D eigenvalue weighted by atomic mass is 10.1. The molecule has 2 nitrogen and oxygen atoms in total. The molecule has 0 aliphatic heterocycles. The summed E-state index contributed by atoms with van der Waals surface area (Å²) < 4.78 is 49.5. The van der Waals surface area contributed by atoms with E-state index in [1.807, 2.05) is 0 Å². The van der Waals surface area contributed by atoms with Crippen molar-refractivity contribution in [2.24, 2.45) is 0 Å².